The molecule has 0 saturated carbocycles. The van der Waals surface area contributed by atoms with Crippen molar-refractivity contribution in [3.63, 3.8) is 0 Å². The zero-order chi connectivity index (χ0) is 32.8. The van der Waals surface area contributed by atoms with Crippen LogP contribution in [0.25, 0.3) is 6.08 Å². The molecule has 3 aromatic carbocycles. The molecular weight excluding hydrogens is 600 g/mol. The van der Waals surface area contributed by atoms with Gasteiger partial charge < -0.3 is 25.7 Å². The molecule has 0 spiro atoms. The summed E-state index contributed by atoms with van der Waals surface area (Å²) in [4.78, 5) is 29.0. The second kappa shape index (κ2) is 17.0. The van der Waals surface area contributed by atoms with Gasteiger partial charge in [0.2, 0.25) is 0 Å². The van der Waals surface area contributed by atoms with E-state index in [9.17, 15) is 32.4 Å². The lowest BCUT2D eigenvalue weighted by atomic mass is 10.0. The fourth-order valence-corrected chi connectivity index (χ4v) is 4.08. The molecule has 1 unspecified atom stereocenters. The molecule has 0 aliphatic carbocycles. The number of ether oxygens (including phenoxy) is 3. The Hall–Kier alpha value is -4.62. The molecule has 9 nitrogen and oxygen atoms in total. The SMILES string of the molecule is Nc1cc(N)cc(C(CCCCCCOC(=O)/C=C/c2ccc(OC(=O)c3ccc(OCC(F)(F)C(F)F)cc3)cc2)OO)c1. The van der Waals surface area contributed by atoms with Crippen LogP contribution in [0.5, 0.6) is 11.5 Å². The summed E-state index contributed by atoms with van der Waals surface area (Å²) in [7, 11) is 0. The van der Waals surface area contributed by atoms with Gasteiger partial charge in [0.15, 0.2) is 6.61 Å². The number of unbranched alkanes of at least 4 members (excludes halogenated alkanes) is 3. The lowest BCUT2D eigenvalue weighted by Crippen LogP contribution is -2.33. The van der Waals surface area contributed by atoms with Crippen LogP contribution < -0.4 is 20.9 Å². The Kier molecular flexibility index (Phi) is 13.2. The standard InChI is InChI=1S/C32H34F4N2O7/c33-31(34)32(35,36)20-43-26-13-9-22(10-14-26)30(40)44-27-11-6-21(7-12-27)8-15-29(39)42-16-4-2-1-3-5-28(45-41)23-17-24(37)19-25(38)18-23/h6-15,17-19,28,31,41H,1-5,16,20,37-38H2/b15-8+. The molecule has 3 rings (SSSR count). The van der Waals surface area contributed by atoms with Gasteiger partial charge in [-0.3, -0.25) is 5.26 Å². The average Bonchev–Trinajstić information content (AvgIpc) is 3.00. The molecule has 13 heteroatoms. The lowest BCUT2D eigenvalue weighted by Gasteiger charge is -2.16. The number of hydrogen-bond acceptors (Lipinski definition) is 9. The van der Waals surface area contributed by atoms with E-state index >= 15 is 0 Å². The van der Waals surface area contributed by atoms with E-state index in [-0.39, 0.29) is 23.7 Å². The predicted octanol–water partition coefficient (Wildman–Crippen LogP) is 7.09. The molecule has 0 saturated heterocycles. The molecule has 0 radical (unpaired) electrons. The van der Waals surface area contributed by atoms with Crippen LogP contribution in [0.15, 0.2) is 72.8 Å². The second-order valence-corrected chi connectivity index (χ2v) is 10.1. The zero-order valence-electron chi connectivity index (χ0n) is 24.2. The van der Waals surface area contributed by atoms with Crippen molar-refractivity contribution in [1.29, 1.82) is 0 Å². The first-order chi connectivity index (χ1) is 21.5. The van der Waals surface area contributed by atoms with Gasteiger partial charge in [0.05, 0.1) is 12.2 Å². The highest BCUT2D eigenvalue weighted by atomic mass is 19.3. The number of carbonyl (C=O) groups is 2. The van der Waals surface area contributed by atoms with Crippen molar-refractivity contribution in [2.45, 2.75) is 50.6 Å². The fourth-order valence-electron chi connectivity index (χ4n) is 4.08. The number of nitrogens with two attached hydrogens (primary N) is 2. The highest BCUT2D eigenvalue weighted by Gasteiger charge is 2.41. The van der Waals surface area contributed by atoms with Gasteiger partial charge in [-0.25, -0.2) is 23.3 Å². The molecule has 0 aromatic heterocycles. The molecule has 1 atom stereocenters. The summed E-state index contributed by atoms with van der Waals surface area (Å²) in [5.74, 6) is -5.44. The van der Waals surface area contributed by atoms with Crippen molar-refractivity contribution in [2.24, 2.45) is 0 Å². The monoisotopic (exact) mass is 634 g/mol. The summed E-state index contributed by atoms with van der Waals surface area (Å²) in [5, 5.41) is 9.24. The Bertz CT molecular complexity index is 1400. The molecule has 242 valence electrons. The largest absolute Gasteiger partial charge is 0.487 e. The van der Waals surface area contributed by atoms with Crippen LogP contribution >= 0.6 is 0 Å². The molecule has 0 fully saturated rings. The first kappa shape index (κ1) is 34.9. The van der Waals surface area contributed by atoms with Crippen LogP contribution in [0.3, 0.4) is 0 Å². The Morgan fingerprint density at radius 1 is 0.867 bits per heavy atom. The quantitative estimate of drug-likeness (QED) is 0.0207. The molecule has 0 amide bonds. The van der Waals surface area contributed by atoms with Crippen molar-refractivity contribution in [1.82, 2.24) is 0 Å². The molecule has 0 bridgehead atoms. The van der Waals surface area contributed by atoms with Crippen LogP contribution in [0.2, 0.25) is 0 Å². The molecule has 0 aliphatic heterocycles. The summed E-state index contributed by atoms with van der Waals surface area (Å²) in [6, 6.07) is 16.2. The van der Waals surface area contributed by atoms with E-state index in [2.05, 4.69) is 9.62 Å². The lowest BCUT2D eigenvalue weighted by molar-refractivity contribution is -0.283. The molecule has 0 aliphatic rings. The van der Waals surface area contributed by atoms with Crippen LogP contribution in [0.4, 0.5) is 28.9 Å². The van der Waals surface area contributed by atoms with E-state index in [0.717, 1.165) is 19.3 Å². The zero-order valence-corrected chi connectivity index (χ0v) is 24.2. The summed E-state index contributed by atoms with van der Waals surface area (Å²) in [6.45, 7) is -1.25. The minimum Gasteiger partial charge on any atom is -0.487 e. The van der Waals surface area contributed by atoms with E-state index in [1.807, 2.05) is 0 Å². The predicted molar refractivity (Wildman–Crippen MR) is 159 cm³/mol. The topological polar surface area (TPSA) is 143 Å². The Morgan fingerprint density at radius 3 is 2.11 bits per heavy atom. The molecule has 3 aromatic rings. The summed E-state index contributed by atoms with van der Waals surface area (Å²) in [6.07, 6.45) is 2.10. The Labute approximate surface area is 257 Å². The van der Waals surface area contributed by atoms with Gasteiger partial charge in [0, 0.05) is 17.5 Å². The highest BCUT2D eigenvalue weighted by Crippen LogP contribution is 2.27. The Balaban J connectivity index is 1.33. The number of nitrogen functional groups attached to an aromatic ring is 2. The summed E-state index contributed by atoms with van der Waals surface area (Å²) < 4.78 is 65.6. The van der Waals surface area contributed by atoms with Gasteiger partial charge in [-0.2, -0.15) is 8.78 Å². The smallest absolute Gasteiger partial charge is 0.343 e. The molecule has 5 N–H and O–H groups in total. The van der Waals surface area contributed by atoms with Crippen LogP contribution in [0.1, 0.15) is 59.7 Å². The van der Waals surface area contributed by atoms with Gasteiger partial charge in [-0.15, -0.1) is 0 Å². The normalized spacial score (nSPS) is 12.3. The van der Waals surface area contributed by atoms with Crippen LogP contribution in [-0.2, 0) is 14.4 Å². The number of halogens is 4. The minimum atomic E-state index is -4.29. The summed E-state index contributed by atoms with van der Waals surface area (Å²) >= 11 is 0. The third-order valence-corrected chi connectivity index (χ3v) is 6.45. The number of esters is 2. The number of rotatable bonds is 17. The van der Waals surface area contributed by atoms with Crippen molar-refractivity contribution >= 4 is 29.4 Å². The van der Waals surface area contributed by atoms with Gasteiger partial charge in [0.25, 0.3) is 0 Å². The van der Waals surface area contributed by atoms with E-state index in [1.165, 1.54) is 42.5 Å². The van der Waals surface area contributed by atoms with Crippen LogP contribution in [-0.4, -0.2) is 42.8 Å². The third kappa shape index (κ3) is 11.8. The first-order valence-corrected chi connectivity index (χ1v) is 14.0. The second-order valence-electron chi connectivity index (χ2n) is 10.1. The third-order valence-electron chi connectivity index (χ3n) is 6.45. The highest BCUT2D eigenvalue weighted by molar-refractivity contribution is 5.91. The van der Waals surface area contributed by atoms with E-state index in [1.54, 1.807) is 36.4 Å². The van der Waals surface area contributed by atoms with Gasteiger partial charge in [-0.1, -0.05) is 31.4 Å². The maximum Gasteiger partial charge on any atom is 0.343 e. The Morgan fingerprint density at radius 2 is 1.49 bits per heavy atom. The van der Waals surface area contributed by atoms with Crippen molar-refractivity contribution in [2.75, 3.05) is 24.7 Å². The van der Waals surface area contributed by atoms with Crippen molar-refractivity contribution in [3.8, 4) is 11.5 Å². The minimum absolute atomic E-state index is 0.0847. The van der Waals surface area contributed by atoms with E-state index < -0.39 is 37.0 Å². The van der Waals surface area contributed by atoms with E-state index in [4.69, 9.17) is 20.9 Å². The maximum absolute atomic E-state index is 13.0. The van der Waals surface area contributed by atoms with Gasteiger partial charge in [0.1, 0.15) is 17.6 Å². The summed E-state index contributed by atoms with van der Waals surface area (Å²) in [5.41, 5.74) is 14.0. The van der Waals surface area contributed by atoms with Gasteiger partial charge >= 0.3 is 24.3 Å². The van der Waals surface area contributed by atoms with E-state index in [0.29, 0.717) is 35.3 Å². The van der Waals surface area contributed by atoms with Crippen LogP contribution in [0, 0.1) is 0 Å². The average molecular weight is 635 g/mol. The molecule has 45 heavy (non-hydrogen) atoms. The number of alkyl halides is 4. The molecular formula is C32H34F4N2O7. The van der Waals surface area contributed by atoms with Crippen molar-refractivity contribution < 1.29 is 51.5 Å². The van der Waals surface area contributed by atoms with Gasteiger partial charge in [-0.05, 0) is 84.6 Å². The number of hydrogen-bond donors (Lipinski definition) is 3. The fraction of sp³-hybridized carbons (Fsp3) is 0.312. The van der Waals surface area contributed by atoms with Crippen molar-refractivity contribution in [3.05, 3.63) is 89.5 Å². The number of carbonyl (C=O) groups excluding carboxylic acids is 2. The first-order valence-electron chi connectivity index (χ1n) is 14.0. The number of anilines is 2. The maximum atomic E-state index is 13.0. The molecule has 0 heterocycles. The number of benzene rings is 3.